The van der Waals surface area contributed by atoms with Crippen LogP contribution in [0.5, 0.6) is 0 Å². The molecule has 2 aliphatic rings. The van der Waals surface area contributed by atoms with Gasteiger partial charge in [-0.1, -0.05) is 6.42 Å². The van der Waals surface area contributed by atoms with Gasteiger partial charge in [-0.25, -0.2) is 0 Å². The summed E-state index contributed by atoms with van der Waals surface area (Å²) in [5.41, 5.74) is 0. The van der Waals surface area contributed by atoms with Gasteiger partial charge in [-0.3, -0.25) is 14.4 Å². The van der Waals surface area contributed by atoms with E-state index in [0.717, 1.165) is 6.42 Å². The van der Waals surface area contributed by atoms with Crippen LogP contribution in [0.15, 0.2) is 0 Å². The van der Waals surface area contributed by atoms with Crippen LogP contribution in [0.2, 0.25) is 0 Å². The van der Waals surface area contributed by atoms with Crippen molar-refractivity contribution in [1.82, 2.24) is 10.2 Å². The predicted octanol–water partition coefficient (Wildman–Crippen LogP) is -0.539. The Morgan fingerprint density at radius 1 is 1.25 bits per heavy atom. The molecular formula is C13H20N2O5. The zero-order chi connectivity index (χ0) is 14.7. The molecule has 2 amide bonds. The van der Waals surface area contributed by atoms with Crippen LogP contribution in [0.3, 0.4) is 0 Å². The van der Waals surface area contributed by atoms with Gasteiger partial charge < -0.3 is 20.1 Å². The number of aliphatic carboxylic acids is 1. The highest BCUT2D eigenvalue weighted by atomic mass is 16.5. The van der Waals surface area contributed by atoms with Gasteiger partial charge in [0.2, 0.25) is 11.8 Å². The number of carboxylic acid groups (broad SMARTS) is 1. The number of nitrogens with one attached hydrogen (secondary N) is 1. The number of carbonyl (C=O) groups excluding carboxylic acids is 2. The van der Waals surface area contributed by atoms with E-state index in [2.05, 4.69) is 5.32 Å². The number of hydrogen-bond donors (Lipinski definition) is 2. The largest absolute Gasteiger partial charge is 0.481 e. The lowest BCUT2D eigenvalue weighted by Crippen LogP contribution is -2.57. The van der Waals surface area contributed by atoms with Crippen molar-refractivity contribution in [2.45, 2.75) is 25.3 Å². The summed E-state index contributed by atoms with van der Waals surface area (Å²) >= 11 is 0. The smallest absolute Gasteiger partial charge is 0.307 e. The van der Waals surface area contributed by atoms with Gasteiger partial charge in [0.15, 0.2) is 0 Å². The van der Waals surface area contributed by atoms with Crippen molar-refractivity contribution < 1.29 is 24.2 Å². The molecule has 0 radical (unpaired) electrons. The number of nitrogens with zero attached hydrogens (tertiary/aromatic N) is 1. The standard InChI is InChI=1S/C13H20N2O5/c1-14-11(16)10-7-20-6-5-15(10)12(17)8-3-2-4-9(8)13(18)19/h8-10H,2-7H2,1H3,(H,14,16)(H,18,19)/t8-,9+,10?/m1/s1. The lowest BCUT2D eigenvalue weighted by Gasteiger charge is -2.36. The molecule has 1 saturated heterocycles. The third kappa shape index (κ3) is 2.77. The summed E-state index contributed by atoms with van der Waals surface area (Å²) < 4.78 is 5.25. The Balaban J connectivity index is 2.13. The van der Waals surface area contributed by atoms with Crippen molar-refractivity contribution in [1.29, 1.82) is 0 Å². The Kier molecular flexibility index (Phi) is 4.59. The third-order valence-corrected chi connectivity index (χ3v) is 4.11. The van der Waals surface area contributed by atoms with Gasteiger partial charge in [-0.2, -0.15) is 0 Å². The molecule has 1 aliphatic carbocycles. The van der Waals surface area contributed by atoms with E-state index in [1.54, 1.807) is 0 Å². The summed E-state index contributed by atoms with van der Waals surface area (Å²) in [6, 6.07) is -0.656. The van der Waals surface area contributed by atoms with E-state index in [1.807, 2.05) is 0 Å². The number of ether oxygens (including phenoxy) is 1. The molecule has 2 rings (SSSR count). The summed E-state index contributed by atoms with van der Waals surface area (Å²) in [4.78, 5) is 37.1. The Labute approximate surface area is 117 Å². The average Bonchev–Trinajstić information content (AvgIpc) is 2.95. The molecule has 0 aromatic carbocycles. The van der Waals surface area contributed by atoms with Crippen molar-refractivity contribution in [2.24, 2.45) is 11.8 Å². The Bertz CT molecular complexity index is 412. The minimum atomic E-state index is -0.925. The highest BCUT2D eigenvalue weighted by Crippen LogP contribution is 2.34. The maximum Gasteiger partial charge on any atom is 0.307 e. The van der Waals surface area contributed by atoms with Crippen molar-refractivity contribution in [3.8, 4) is 0 Å². The van der Waals surface area contributed by atoms with Crippen LogP contribution in [0.4, 0.5) is 0 Å². The van der Waals surface area contributed by atoms with Crippen LogP contribution in [0.1, 0.15) is 19.3 Å². The van der Waals surface area contributed by atoms with Crippen LogP contribution < -0.4 is 5.32 Å². The third-order valence-electron chi connectivity index (χ3n) is 4.11. The number of carboxylic acids is 1. The van der Waals surface area contributed by atoms with Gasteiger partial charge in [0.1, 0.15) is 6.04 Å². The van der Waals surface area contributed by atoms with E-state index in [0.29, 0.717) is 26.0 Å². The van der Waals surface area contributed by atoms with Crippen molar-refractivity contribution in [3.63, 3.8) is 0 Å². The van der Waals surface area contributed by atoms with Gasteiger partial charge in [0, 0.05) is 13.6 Å². The maximum absolute atomic E-state index is 12.6. The minimum Gasteiger partial charge on any atom is -0.481 e. The zero-order valence-corrected chi connectivity index (χ0v) is 11.5. The van der Waals surface area contributed by atoms with E-state index in [4.69, 9.17) is 4.74 Å². The fraction of sp³-hybridized carbons (Fsp3) is 0.769. The van der Waals surface area contributed by atoms with Crippen molar-refractivity contribution in [2.75, 3.05) is 26.8 Å². The number of morpholine rings is 1. The molecule has 1 unspecified atom stereocenters. The lowest BCUT2D eigenvalue weighted by atomic mass is 9.94. The summed E-state index contributed by atoms with van der Waals surface area (Å²) in [6.07, 6.45) is 1.84. The van der Waals surface area contributed by atoms with E-state index < -0.39 is 23.8 Å². The van der Waals surface area contributed by atoms with Crippen LogP contribution in [0.25, 0.3) is 0 Å². The topological polar surface area (TPSA) is 95.9 Å². The van der Waals surface area contributed by atoms with Crippen molar-refractivity contribution >= 4 is 17.8 Å². The van der Waals surface area contributed by atoms with Gasteiger partial charge in [-0.05, 0) is 12.8 Å². The Morgan fingerprint density at radius 2 is 1.95 bits per heavy atom. The van der Waals surface area contributed by atoms with Gasteiger partial charge >= 0.3 is 5.97 Å². The SMILES string of the molecule is CNC(=O)C1COCCN1C(=O)[C@@H]1CCC[C@@H]1C(=O)O. The quantitative estimate of drug-likeness (QED) is 0.725. The Hall–Kier alpha value is -1.63. The first kappa shape index (κ1) is 14.8. The molecule has 1 saturated carbocycles. The molecule has 0 aromatic heterocycles. The first-order valence-electron chi connectivity index (χ1n) is 6.89. The molecule has 1 aliphatic heterocycles. The number of amides is 2. The monoisotopic (exact) mass is 284 g/mol. The van der Waals surface area contributed by atoms with Crippen LogP contribution in [-0.4, -0.2) is 60.6 Å². The van der Waals surface area contributed by atoms with E-state index in [9.17, 15) is 19.5 Å². The molecule has 1 heterocycles. The molecule has 2 N–H and O–H groups in total. The first-order valence-corrected chi connectivity index (χ1v) is 6.89. The number of likely N-dealkylation sites (N-methyl/N-ethyl adjacent to an activating group) is 1. The second kappa shape index (κ2) is 6.21. The zero-order valence-electron chi connectivity index (χ0n) is 11.5. The van der Waals surface area contributed by atoms with E-state index in [1.165, 1.54) is 11.9 Å². The molecule has 0 bridgehead atoms. The molecule has 2 fully saturated rings. The molecule has 0 aromatic rings. The summed E-state index contributed by atoms with van der Waals surface area (Å²) in [5, 5.41) is 11.7. The average molecular weight is 284 g/mol. The number of rotatable bonds is 3. The van der Waals surface area contributed by atoms with Gasteiger partial charge in [-0.15, -0.1) is 0 Å². The summed E-state index contributed by atoms with van der Waals surface area (Å²) in [7, 11) is 1.51. The van der Waals surface area contributed by atoms with Crippen LogP contribution in [0, 0.1) is 11.8 Å². The van der Waals surface area contributed by atoms with Crippen molar-refractivity contribution in [3.05, 3.63) is 0 Å². The molecule has 7 heteroatoms. The minimum absolute atomic E-state index is 0.163. The normalized spacial score (nSPS) is 30.1. The summed E-state index contributed by atoms with van der Waals surface area (Å²) in [6.45, 7) is 0.874. The molecule has 3 atom stereocenters. The van der Waals surface area contributed by atoms with Crippen LogP contribution >= 0.6 is 0 Å². The highest BCUT2D eigenvalue weighted by Gasteiger charge is 2.43. The lowest BCUT2D eigenvalue weighted by molar-refractivity contribution is -0.156. The molecule has 0 spiro atoms. The number of hydrogen-bond acceptors (Lipinski definition) is 4. The highest BCUT2D eigenvalue weighted by molar-refractivity contribution is 5.91. The van der Waals surface area contributed by atoms with Gasteiger partial charge in [0.05, 0.1) is 25.0 Å². The molecule has 7 nitrogen and oxygen atoms in total. The fourth-order valence-electron chi connectivity index (χ4n) is 3.02. The van der Waals surface area contributed by atoms with Gasteiger partial charge in [0.25, 0.3) is 0 Å². The number of carbonyl (C=O) groups is 3. The second-order valence-electron chi connectivity index (χ2n) is 5.22. The van der Waals surface area contributed by atoms with E-state index in [-0.39, 0.29) is 18.4 Å². The fourth-order valence-corrected chi connectivity index (χ4v) is 3.02. The maximum atomic E-state index is 12.6. The molecule has 20 heavy (non-hydrogen) atoms. The molecular weight excluding hydrogens is 264 g/mol. The van der Waals surface area contributed by atoms with E-state index >= 15 is 0 Å². The second-order valence-corrected chi connectivity index (χ2v) is 5.22. The predicted molar refractivity (Wildman–Crippen MR) is 68.9 cm³/mol. The first-order chi connectivity index (χ1) is 9.56. The Morgan fingerprint density at radius 3 is 2.60 bits per heavy atom. The summed E-state index contributed by atoms with van der Waals surface area (Å²) in [5.74, 6) is -2.58. The molecule has 112 valence electrons. The van der Waals surface area contributed by atoms with Crippen LogP contribution in [-0.2, 0) is 19.1 Å².